The molecule has 1 fully saturated rings. The van der Waals surface area contributed by atoms with Crippen molar-refractivity contribution in [3.05, 3.63) is 59.9 Å². The molecular formula is C22H27FN4O2. The molecule has 29 heavy (non-hydrogen) atoms. The van der Waals surface area contributed by atoms with Crippen molar-refractivity contribution in [1.82, 2.24) is 10.2 Å². The van der Waals surface area contributed by atoms with Crippen LogP contribution >= 0.6 is 0 Å². The average Bonchev–Trinajstić information content (AvgIpc) is 2.74. The van der Waals surface area contributed by atoms with Crippen molar-refractivity contribution in [2.24, 2.45) is 5.92 Å². The van der Waals surface area contributed by atoms with Crippen LogP contribution in [0.15, 0.2) is 48.5 Å². The summed E-state index contributed by atoms with van der Waals surface area (Å²) < 4.78 is 13.0. The normalized spacial score (nSPS) is 14.4. The fraction of sp³-hybridized carbons (Fsp3) is 0.364. The standard InChI is InChI=1S/C22H27FN4O2/c1-26(2)20-5-3-4-17(14-20)21(28)24-15-16-10-12-27(13-11-16)22(29)25-19-8-6-18(23)7-9-19/h3-9,14,16H,10-13,15H2,1-2H3,(H,24,28)(H,25,29). The number of nitrogens with one attached hydrogen (secondary N) is 2. The van der Waals surface area contributed by atoms with Gasteiger partial charge in [0.2, 0.25) is 0 Å². The largest absolute Gasteiger partial charge is 0.378 e. The Labute approximate surface area is 170 Å². The molecule has 0 radical (unpaired) electrons. The topological polar surface area (TPSA) is 64.7 Å². The maximum absolute atomic E-state index is 13.0. The molecule has 1 heterocycles. The molecule has 1 aliphatic heterocycles. The second kappa shape index (κ2) is 9.41. The zero-order valence-electron chi connectivity index (χ0n) is 16.8. The Hall–Kier alpha value is -3.09. The number of amides is 3. The molecule has 0 saturated carbocycles. The highest BCUT2D eigenvalue weighted by atomic mass is 19.1. The molecule has 0 aliphatic carbocycles. The number of hydrogen-bond acceptors (Lipinski definition) is 3. The van der Waals surface area contributed by atoms with E-state index >= 15 is 0 Å². The van der Waals surface area contributed by atoms with Gasteiger partial charge in [-0.2, -0.15) is 0 Å². The van der Waals surface area contributed by atoms with Gasteiger partial charge < -0.3 is 20.4 Å². The highest BCUT2D eigenvalue weighted by Crippen LogP contribution is 2.19. The van der Waals surface area contributed by atoms with Gasteiger partial charge in [0.15, 0.2) is 0 Å². The smallest absolute Gasteiger partial charge is 0.321 e. The van der Waals surface area contributed by atoms with E-state index < -0.39 is 0 Å². The molecule has 2 aromatic rings. The number of carbonyl (C=O) groups excluding carboxylic acids is 2. The Bertz CT molecular complexity index is 846. The molecule has 2 N–H and O–H groups in total. The highest BCUT2D eigenvalue weighted by molar-refractivity contribution is 5.95. The number of anilines is 2. The molecule has 0 bridgehead atoms. The van der Waals surface area contributed by atoms with Gasteiger partial charge in [-0.3, -0.25) is 4.79 Å². The lowest BCUT2D eigenvalue weighted by atomic mass is 9.97. The van der Waals surface area contributed by atoms with Gasteiger partial charge in [0, 0.05) is 50.7 Å². The first-order valence-corrected chi connectivity index (χ1v) is 9.79. The molecule has 2 aromatic carbocycles. The highest BCUT2D eigenvalue weighted by Gasteiger charge is 2.23. The van der Waals surface area contributed by atoms with Crippen LogP contribution < -0.4 is 15.5 Å². The molecule has 3 rings (SSSR count). The lowest BCUT2D eigenvalue weighted by molar-refractivity contribution is 0.0939. The van der Waals surface area contributed by atoms with Crippen LogP contribution in [0.4, 0.5) is 20.6 Å². The van der Waals surface area contributed by atoms with Crippen LogP contribution in [0.5, 0.6) is 0 Å². The molecule has 3 amide bonds. The van der Waals surface area contributed by atoms with E-state index in [1.54, 1.807) is 17.0 Å². The van der Waals surface area contributed by atoms with Gasteiger partial charge >= 0.3 is 6.03 Å². The van der Waals surface area contributed by atoms with E-state index in [2.05, 4.69) is 10.6 Å². The molecule has 0 aromatic heterocycles. The van der Waals surface area contributed by atoms with Crippen LogP contribution in [0, 0.1) is 11.7 Å². The molecule has 0 unspecified atom stereocenters. The van der Waals surface area contributed by atoms with Crippen molar-refractivity contribution < 1.29 is 14.0 Å². The number of benzene rings is 2. The summed E-state index contributed by atoms with van der Waals surface area (Å²) in [6.07, 6.45) is 1.66. The zero-order valence-corrected chi connectivity index (χ0v) is 16.8. The van der Waals surface area contributed by atoms with E-state index in [1.165, 1.54) is 12.1 Å². The minimum absolute atomic E-state index is 0.0785. The van der Waals surface area contributed by atoms with E-state index in [0.717, 1.165) is 18.5 Å². The molecule has 6 nitrogen and oxygen atoms in total. The van der Waals surface area contributed by atoms with Crippen LogP contribution in [-0.2, 0) is 0 Å². The summed E-state index contributed by atoms with van der Waals surface area (Å²) in [7, 11) is 3.88. The molecular weight excluding hydrogens is 371 g/mol. The molecule has 7 heteroatoms. The molecule has 154 valence electrons. The Morgan fingerprint density at radius 1 is 1.10 bits per heavy atom. The van der Waals surface area contributed by atoms with Crippen molar-refractivity contribution in [3.63, 3.8) is 0 Å². The Morgan fingerprint density at radius 3 is 2.45 bits per heavy atom. The van der Waals surface area contributed by atoms with Crippen molar-refractivity contribution in [1.29, 1.82) is 0 Å². The van der Waals surface area contributed by atoms with Gasteiger partial charge in [0.25, 0.3) is 5.91 Å². The summed E-state index contributed by atoms with van der Waals surface area (Å²) in [6, 6.07) is 13.1. The minimum Gasteiger partial charge on any atom is -0.378 e. The van der Waals surface area contributed by atoms with Crippen molar-refractivity contribution in [2.45, 2.75) is 12.8 Å². The predicted octanol–water partition coefficient (Wildman–Crippen LogP) is 3.57. The molecule has 0 atom stereocenters. The third-order valence-electron chi connectivity index (χ3n) is 5.17. The summed E-state index contributed by atoms with van der Waals surface area (Å²) in [4.78, 5) is 28.5. The first-order valence-electron chi connectivity index (χ1n) is 9.79. The fourth-order valence-electron chi connectivity index (χ4n) is 3.34. The third kappa shape index (κ3) is 5.70. The fourth-order valence-corrected chi connectivity index (χ4v) is 3.34. The summed E-state index contributed by atoms with van der Waals surface area (Å²) in [5.41, 5.74) is 2.20. The number of nitrogens with zero attached hydrogens (tertiary/aromatic N) is 2. The number of piperidine rings is 1. The van der Waals surface area contributed by atoms with Gasteiger partial charge in [0.1, 0.15) is 5.82 Å². The minimum atomic E-state index is -0.334. The first kappa shape index (κ1) is 20.6. The summed E-state index contributed by atoms with van der Waals surface area (Å²) in [6.45, 7) is 1.85. The molecule has 1 aliphatic rings. The summed E-state index contributed by atoms with van der Waals surface area (Å²) in [5.74, 6) is -0.0738. The van der Waals surface area contributed by atoms with Crippen LogP contribution in [0.1, 0.15) is 23.2 Å². The van der Waals surface area contributed by atoms with E-state index in [9.17, 15) is 14.0 Å². The van der Waals surface area contributed by atoms with Crippen molar-refractivity contribution in [3.8, 4) is 0 Å². The number of carbonyl (C=O) groups is 2. The Morgan fingerprint density at radius 2 is 1.79 bits per heavy atom. The van der Waals surface area contributed by atoms with E-state index in [-0.39, 0.29) is 17.8 Å². The third-order valence-corrected chi connectivity index (χ3v) is 5.17. The molecule has 1 saturated heterocycles. The number of urea groups is 1. The maximum Gasteiger partial charge on any atom is 0.321 e. The lowest BCUT2D eigenvalue weighted by Gasteiger charge is -2.32. The van der Waals surface area contributed by atoms with E-state index in [4.69, 9.17) is 0 Å². The van der Waals surface area contributed by atoms with Crippen molar-refractivity contribution >= 4 is 23.3 Å². The van der Waals surface area contributed by atoms with Crippen LogP contribution in [0.3, 0.4) is 0 Å². The monoisotopic (exact) mass is 398 g/mol. The lowest BCUT2D eigenvalue weighted by Crippen LogP contribution is -2.43. The van der Waals surface area contributed by atoms with E-state index in [0.29, 0.717) is 36.8 Å². The second-order valence-electron chi connectivity index (χ2n) is 7.52. The Kier molecular flexibility index (Phi) is 6.69. The van der Waals surface area contributed by atoms with Gasteiger partial charge in [-0.1, -0.05) is 6.07 Å². The van der Waals surface area contributed by atoms with Crippen LogP contribution in [0.2, 0.25) is 0 Å². The zero-order chi connectivity index (χ0) is 20.8. The SMILES string of the molecule is CN(C)c1cccc(C(=O)NCC2CCN(C(=O)Nc3ccc(F)cc3)CC2)c1. The number of rotatable bonds is 5. The van der Waals surface area contributed by atoms with Gasteiger partial charge in [0.05, 0.1) is 0 Å². The van der Waals surface area contributed by atoms with Crippen LogP contribution in [0.25, 0.3) is 0 Å². The number of hydrogen-bond donors (Lipinski definition) is 2. The van der Waals surface area contributed by atoms with Crippen LogP contribution in [-0.4, -0.2) is 50.6 Å². The number of halogens is 1. The summed E-state index contributed by atoms with van der Waals surface area (Å²) in [5, 5.41) is 5.80. The van der Waals surface area contributed by atoms with E-state index in [1.807, 2.05) is 43.3 Å². The summed E-state index contributed by atoms with van der Waals surface area (Å²) >= 11 is 0. The average molecular weight is 398 g/mol. The number of likely N-dealkylation sites (tertiary alicyclic amines) is 1. The molecule has 0 spiro atoms. The Balaban J connectivity index is 1.43. The predicted molar refractivity (Wildman–Crippen MR) is 113 cm³/mol. The van der Waals surface area contributed by atoms with Crippen molar-refractivity contribution in [2.75, 3.05) is 43.9 Å². The van der Waals surface area contributed by atoms with Gasteiger partial charge in [-0.25, -0.2) is 9.18 Å². The second-order valence-corrected chi connectivity index (χ2v) is 7.52. The first-order chi connectivity index (χ1) is 13.9. The quantitative estimate of drug-likeness (QED) is 0.809. The van der Waals surface area contributed by atoms with Gasteiger partial charge in [-0.05, 0) is 61.2 Å². The van der Waals surface area contributed by atoms with Gasteiger partial charge in [-0.15, -0.1) is 0 Å². The maximum atomic E-state index is 13.0.